The molecule has 1 amide bonds. The number of carbonyl (C=O) groups excluding carboxylic acids is 1. The van der Waals surface area contributed by atoms with Crippen LogP contribution in [0.5, 0.6) is 0 Å². The van der Waals surface area contributed by atoms with Gasteiger partial charge in [0.2, 0.25) is 5.91 Å². The number of likely N-dealkylation sites (tertiary alicyclic amines) is 1. The summed E-state index contributed by atoms with van der Waals surface area (Å²) in [5.74, 6) is -0.0254. The summed E-state index contributed by atoms with van der Waals surface area (Å²) in [6, 6.07) is 8.77. The number of nitrogens with zero attached hydrogens (tertiary/aromatic N) is 2. The van der Waals surface area contributed by atoms with E-state index in [2.05, 4.69) is 0 Å². The maximum Gasteiger partial charge on any atom is 0.242 e. The monoisotopic (exact) mass is 286 g/mol. The fourth-order valence-electron chi connectivity index (χ4n) is 2.83. The lowest BCUT2D eigenvalue weighted by Gasteiger charge is -2.30. The molecular formula is C16H18N2O3. The third kappa shape index (κ3) is 2.83. The Morgan fingerprint density at radius 3 is 2.90 bits per heavy atom. The first-order valence-electron chi connectivity index (χ1n) is 7.19. The first-order valence-corrected chi connectivity index (χ1v) is 7.19. The Morgan fingerprint density at radius 1 is 1.29 bits per heavy atom. The van der Waals surface area contributed by atoms with Crippen molar-refractivity contribution in [2.24, 2.45) is 0 Å². The number of aliphatic hydroxyl groups excluding tert-OH is 1. The number of hydrogen-bond acceptors (Lipinski definition) is 3. The van der Waals surface area contributed by atoms with Crippen LogP contribution >= 0.6 is 0 Å². The molecule has 21 heavy (non-hydrogen) atoms. The van der Waals surface area contributed by atoms with Crippen molar-refractivity contribution in [3.05, 3.63) is 46.8 Å². The van der Waals surface area contributed by atoms with Crippen molar-refractivity contribution < 1.29 is 9.90 Å². The van der Waals surface area contributed by atoms with Crippen LogP contribution in [0.4, 0.5) is 0 Å². The molecule has 0 bridgehead atoms. The van der Waals surface area contributed by atoms with E-state index in [9.17, 15) is 14.7 Å². The van der Waals surface area contributed by atoms with E-state index in [1.54, 1.807) is 21.7 Å². The van der Waals surface area contributed by atoms with Gasteiger partial charge in [-0.05, 0) is 25.0 Å². The third-order valence-corrected chi connectivity index (χ3v) is 3.94. The number of para-hydroxylation sites is 1. The van der Waals surface area contributed by atoms with Gasteiger partial charge in [-0.15, -0.1) is 0 Å². The van der Waals surface area contributed by atoms with Crippen LogP contribution in [-0.4, -0.2) is 39.7 Å². The average Bonchev–Trinajstić information content (AvgIpc) is 2.50. The molecule has 1 atom stereocenters. The number of pyridine rings is 1. The number of rotatable bonds is 2. The van der Waals surface area contributed by atoms with Gasteiger partial charge in [-0.2, -0.15) is 0 Å². The highest BCUT2D eigenvalue weighted by molar-refractivity contribution is 5.82. The van der Waals surface area contributed by atoms with Crippen LogP contribution in [0.3, 0.4) is 0 Å². The van der Waals surface area contributed by atoms with Gasteiger partial charge in [0, 0.05) is 30.7 Å². The number of hydrogen-bond donors (Lipinski definition) is 1. The van der Waals surface area contributed by atoms with Crippen LogP contribution in [-0.2, 0) is 11.3 Å². The van der Waals surface area contributed by atoms with Gasteiger partial charge in [0.1, 0.15) is 6.54 Å². The van der Waals surface area contributed by atoms with Gasteiger partial charge in [-0.1, -0.05) is 12.1 Å². The predicted molar refractivity (Wildman–Crippen MR) is 80.0 cm³/mol. The Labute approximate surface area is 122 Å². The molecule has 1 fully saturated rings. The summed E-state index contributed by atoms with van der Waals surface area (Å²) in [5, 5.41) is 10.3. The van der Waals surface area contributed by atoms with Gasteiger partial charge < -0.3 is 14.6 Å². The smallest absolute Gasteiger partial charge is 0.242 e. The minimum atomic E-state index is -0.423. The number of carbonyl (C=O) groups is 1. The van der Waals surface area contributed by atoms with Crippen LogP contribution < -0.4 is 5.43 Å². The van der Waals surface area contributed by atoms with E-state index in [0.717, 1.165) is 18.4 Å². The molecule has 1 aliphatic heterocycles. The Hall–Kier alpha value is -2.14. The van der Waals surface area contributed by atoms with E-state index >= 15 is 0 Å². The molecule has 110 valence electrons. The number of aromatic nitrogens is 1. The van der Waals surface area contributed by atoms with E-state index < -0.39 is 6.10 Å². The van der Waals surface area contributed by atoms with Crippen LogP contribution in [0, 0.1) is 0 Å². The number of aliphatic hydroxyl groups is 1. The first-order chi connectivity index (χ1) is 10.1. The number of benzene rings is 1. The summed E-state index contributed by atoms with van der Waals surface area (Å²) in [7, 11) is 0. The molecule has 1 aromatic heterocycles. The molecule has 5 heteroatoms. The zero-order valence-corrected chi connectivity index (χ0v) is 11.7. The van der Waals surface area contributed by atoms with Crippen LogP contribution in [0.2, 0.25) is 0 Å². The van der Waals surface area contributed by atoms with Crippen LogP contribution in [0.1, 0.15) is 12.8 Å². The number of β-amino-alcohol motifs (C(OH)–C–C–N with tert-alkyl or cyclic N) is 1. The summed E-state index contributed by atoms with van der Waals surface area (Å²) in [6.07, 6.45) is 2.82. The van der Waals surface area contributed by atoms with Crippen molar-refractivity contribution in [2.45, 2.75) is 25.5 Å². The second kappa shape index (κ2) is 5.69. The van der Waals surface area contributed by atoms with Crippen molar-refractivity contribution in [3.8, 4) is 0 Å². The van der Waals surface area contributed by atoms with Gasteiger partial charge in [0.05, 0.1) is 11.6 Å². The van der Waals surface area contributed by atoms with Gasteiger partial charge in [-0.25, -0.2) is 0 Å². The molecule has 0 aliphatic carbocycles. The van der Waals surface area contributed by atoms with E-state index in [4.69, 9.17) is 0 Å². The molecule has 1 N–H and O–H groups in total. The lowest BCUT2D eigenvalue weighted by atomic mass is 10.1. The third-order valence-electron chi connectivity index (χ3n) is 3.94. The SMILES string of the molecule is O=C(Cn1ccc(=O)c2ccccc21)N1CCCC(O)C1. The first kappa shape index (κ1) is 13.8. The largest absolute Gasteiger partial charge is 0.391 e. The van der Waals surface area contributed by atoms with E-state index in [0.29, 0.717) is 18.5 Å². The molecule has 0 radical (unpaired) electrons. The van der Waals surface area contributed by atoms with Gasteiger partial charge in [0.15, 0.2) is 5.43 Å². The highest BCUT2D eigenvalue weighted by Crippen LogP contribution is 2.13. The second-order valence-electron chi connectivity index (χ2n) is 5.46. The van der Waals surface area contributed by atoms with Crippen LogP contribution in [0.25, 0.3) is 10.9 Å². The zero-order valence-electron chi connectivity index (χ0n) is 11.7. The molecule has 3 rings (SSSR count). The fraction of sp³-hybridized carbons (Fsp3) is 0.375. The topological polar surface area (TPSA) is 62.5 Å². The standard InChI is InChI=1S/C16H18N2O3/c19-12-4-3-8-18(10-12)16(21)11-17-9-7-15(20)13-5-1-2-6-14(13)17/h1-2,5-7,9,12,19H,3-4,8,10-11H2. The highest BCUT2D eigenvalue weighted by atomic mass is 16.3. The normalized spacial score (nSPS) is 18.9. The maximum absolute atomic E-state index is 12.4. The minimum absolute atomic E-state index is 0.0254. The number of amides is 1. The molecule has 0 saturated carbocycles. The van der Waals surface area contributed by atoms with Gasteiger partial charge in [-0.3, -0.25) is 9.59 Å². The van der Waals surface area contributed by atoms with E-state index in [-0.39, 0.29) is 17.9 Å². The van der Waals surface area contributed by atoms with Crippen molar-refractivity contribution in [1.82, 2.24) is 9.47 Å². The van der Waals surface area contributed by atoms with Crippen molar-refractivity contribution in [2.75, 3.05) is 13.1 Å². The van der Waals surface area contributed by atoms with Crippen molar-refractivity contribution in [1.29, 1.82) is 0 Å². The Morgan fingerprint density at radius 2 is 2.10 bits per heavy atom. The molecule has 2 heterocycles. The Bertz CT molecular complexity index is 723. The lowest BCUT2D eigenvalue weighted by molar-refractivity contribution is -0.134. The fourth-order valence-corrected chi connectivity index (χ4v) is 2.83. The van der Waals surface area contributed by atoms with Gasteiger partial charge >= 0.3 is 0 Å². The van der Waals surface area contributed by atoms with Crippen molar-refractivity contribution in [3.63, 3.8) is 0 Å². The summed E-state index contributed by atoms with van der Waals surface area (Å²) < 4.78 is 1.79. The average molecular weight is 286 g/mol. The molecule has 1 saturated heterocycles. The van der Waals surface area contributed by atoms with E-state index in [1.165, 1.54) is 6.07 Å². The number of piperidine rings is 1. The maximum atomic E-state index is 12.4. The molecule has 5 nitrogen and oxygen atoms in total. The summed E-state index contributed by atoms with van der Waals surface area (Å²) in [4.78, 5) is 25.9. The zero-order chi connectivity index (χ0) is 14.8. The molecule has 1 unspecified atom stereocenters. The Kier molecular flexibility index (Phi) is 3.75. The molecular weight excluding hydrogens is 268 g/mol. The molecule has 1 aromatic carbocycles. The number of fused-ring (bicyclic) bond motifs is 1. The van der Waals surface area contributed by atoms with Crippen molar-refractivity contribution >= 4 is 16.8 Å². The molecule has 1 aliphatic rings. The summed E-state index contributed by atoms with van der Waals surface area (Å²) in [5.41, 5.74) is 0.721. The molecule has 2 aromatic rings. The summed E-state index contributed by atoms with van der Waals surface area (Å²) in [6.45, 7) is 1.28. The van der Waals surface area contributed by atoms with E-state index in [1.807, 2.05) is 18.2 Å². The minimum Gasteiger partial charge on any atom is -0.391 e. The predicted octanol–water partition coefficient (Wildman–Crippen LogP) is 0.985. The second-order valence-corrected chi connectivity index (χ2v) is 5.46. The van der Waals surface area contributed by atoms with Gasteiger partial charge in [0.25, 0.3) is 0 Å². The van der Waals surface area contributed by atoms with Crippen LogP contribution in [0.15, 0.2) is 41.3 Å². The lowest BCUT2D eigenvalue weighted by Crippen LogP contribution is -2.43. The Balaban J connectivity index is 1.86. The quantitative estimate of drug-likeness (QED) is 0.895. The molecule has 0 spiro atoms. The summed E-state index contributed by atoms with van der Waals surface area (Å²) >= 11 is 0. The highest BCUT2D eigenvalue weighted by Gasteiger charge is 2.22.